The summed E-state index contributed by atoms with van der Waals surface area (Å²) < 4.78 is 4.95. The first-order valence-electron chi connectivity index (χ1n) is 6.44. The summed E-state index contributed by atoms with van der Waals surface area (Å²) in [5.74, 6) is 1.08. The molecule has 0 aliphatic carbocycles. The molecular formula is C12H23ClN4O2. The van der Waals surface area contributed by atoms with E-state index in [0.717, 1.165) is 19.3 Å². The molecule has 19 heavy (non-hydrogen) atoms. The van der Waals surface area contributed by atoms with E-state index in [-0.39, 0.29) is 24.4 Å². The van der Waals surface area contributed by atoms with Crippen LogP contribution in [0.3, 0.4) is 0 Å². The third-order valence-electron chi connectivity index (χ3n) is 2.69. The Morgan fingerprint density at radius 1 is 1.53 bits per heavy atom. The normalized spacial score (nSPS) is 11.7. The summed E-state index contributed by atoms with van der Waals surface area (Å²) in [6.07, 6.45) is 3.93. The molecule has 0 radical (unpaired) electrons. The van der Waals surface area contributed by atoms with Gasteiger partial charge in [0.25, 0.3) is 0 Å². The summed E-state index contributed by atoms with van der Waals surface area (Å²) in [5, 5.41) is 6.60. The fourth-order valence-corrected chi connectivity index (χ4v) is 1.66. The van der Waals surface area contributed by atoms with Crippen LogP contribution in [0.5, 0.6) is 0 Å². The number of nitrogens with two attached hydrogens (primary N) is 1. The van der Waals surface area contributed by atoms with Crippen LogP contribution >= 0.6 is 12.4 Å². The summed E-state index contributed by atoms with van der Waals surface area (Å²) in [6, 6.07) is 0.0712. The fraction of sp³-hybridized carbons (Fsp3) is 0.750. The molecule has 6 nitrogen and oxygen atoms in total. The smallest absolute Gasteiger partial charge is 0.227 e. The van der Waals surface area contributed by atoms with Crippen LogP contribution in [0.15, 0.2) is 4.52 Å². The van der Waals surface area contributed by atoms with E-state index in [1.807, 2.05) is 0 Å². The van der Waals surface area contributed by atoms with E-state index >= 15 is 0 Å². The molecule has 0 saturated heterocycles. The largest absolute Gasteiger partial charge is 0.352 e. The number of halogens is 1. The Labute approximate surface area is 119 Å². The second kappa shape index (κ2) is 9.75. The number of carbonyl (C=O) groups excluding carboxylic acids is 1. The van der Waals surface area contributed by atoms with Gasteiger partial charge in [0.05, 0.1) is 0 Å². The van der Waals surface area contributed by atoms with Crippen molar-refractivity contribution in [1.29, 1.82) is 0 Å². The van der Waals surface area contributed by atoms with Crippen LogP contribution in [0, 0.1) is 6.92 Å². The van der Waals surface area contributed by atoms with Crippen molar-refractivity contribution in [2.45, 2.75) is 52.0 Å². The van der Waals surface area contributed by atoms with Crippen molar-refractivity contribution in [3.63, 3.8) is 0 Å². The summed E-state index contributed by atoms with van der Waals surface area (Å²) in [6.45, 7) is 4.35. The molecule has 7 heteroatoms. The van der Waals surface area contributed by atoms with E-state index in [0.29, 0.717) is 31.1 Å². The Morgan fingerprint density at radius 3 is 2.79 bits per heavy atom. The van der Waals surface area contributed by atoms with Gasteiger partial charge < -0.3 is 15.6 Å². The topological polar surface area (TPSA) is 94.0 Å². The van der Waals surface area contributed by atoms with Crippen LogP contribution in [-0.2, 0) is 11.2 Å². The van der Waals surface area contributed by atoms with Gasteiger partial charge in [0.1, 0.15) is 0 Å². The van der Waals surface area contributed by atoms with Crippen LogP contribution < -0.4 is 11.1 Å². The van der Waals surface area contributed by atoms with E-state index in [4.69, 9.17) is 10.3 Å². The highest BCUT2D eigenvalue weighted by Gasteiger charge is 2.11. The van der Waals surface area contributed by atoms with Crippen molar-refractivity contribution in [1.82, 2.24) is 15.5 Å². The SMILES string of the molecule is CCCCC(CN)NC(=O)CCc1nc(C)no1.Cl. The molecule has 0 aliphatic heterocycles. The number of aryl methyl sites for hydroxylation is 2. The minimum Gasteiger partial charge on any atom is -0.352 e. The molecule has 1 heterocycles. The Morgan fingerprint density at radius 2 is 2.26 bits per heavy atom. The lowest BCUT2D eigenvalue weighted by molar-refractivity contribution is -0.121. The number of hydrogen-bond acceptors (Lipinski definition) is 5. The second-order valence-corrected chi connectivity index (χ2v) is 4.38. The van der Waals surface area contributed by atoms with Gasteiger partial charge in [-0.1, -0.05) is 24.9 Å². The molecule has 110 valence electrons. The number of nitrogens with zero attached hydrogens (tertiary/aromatic N) is 2. The molecule has 0 saturated carbocycles. The molecule has 0 bridgehead atoms. The number of aromatic nitrogens is 2. The number of carbonyl (C=O) groups is 1. The predicted molar refractivity (Wildman–Crippen MR) is 75.1 cm³/mol. The van der Waals surface area contributed by atoms with Crippen LogP contribution in [0.4, 0.5) is 0 Å². The van der Waals surface area contributed by atoms with Gasteiger partial charge in [-0.15, -0.1) is 12.4 Å². The van der Waals surface area contributed by atoms with Gasteiger partial charge in [0, 0.05) is 25.4 Å². The zero-order chi connectivity index (χ0) is 13.4. The first-order valence-corrected chi connectivity index (χ1v) is 6.44. The average molecular weight is 291 g/mol. The van der Waals surface area contributed by atoms with Gasteiger partial charge in [-0.2, -0.15) is 4.98 Å². The van der Waals surface area contributed by atoms with Crippen LogP contribution in [0.2, 0.25) is 0 Å². The summed E-state index contributed by atoms with van der Waals surface area (Å²) in [7, 11) is 0. The van der Waals surface area contributed by atoms with Crippen molar-refractivity contribution >= 4 is 18.3 Å². The van der Waals surface area contributed by atoms with Gasteiger partial charge >= 0.3 is 0 Å². The van der Waals surface area contributed by atoms with E-state index < -0.39 is 0 Å². The highest BCUT2D eigenvalue weighted by atomic mass is 35.5. The van der Waals surface area contributed by atoms with Gasteiger partial charge in [0.2, 0.25) is 11.8 Å². The summed E-state index contributed by atoms with van der Waals surface area (Å²) >= 11 is 0. The zero-order valence-electron chi connectivity index (χ0n) is 11.5. The van der Waals surface area contributed by atoms with Crippen molar-refractivity contribution in [3.8, 4) is 0 Å². The molecule has 1 aromatic heterocycles. The average Bonchev–Trinajstić information content (AvgIpc) is 2.78. The zero-order valence-corrected chi connectivity index (χ0v) is 12.3. The van der Waals surface area contributed by atoms with Crippen LogP contribution in [-0.4, -0.2) is 28.6 Å². The number of amides is 1. The third kappa shape index (κ3) is 7.12. The standard InChI is InChI=1S/C12H22N4O2.ClH/c1-3-4-5-10(8-13)15-11(17)6-7-12-14-9(2)16-18-12;/h10H,3-8,13H2,1-2H3,(H,15,17);1H. The Hall–Kier alpha value is -1.14. The maximum Gasteiger partial charge on any atom is 0.227 e. The van der Waals surface area contributed by atoms with Crippen LogP contribution in [0.25, 0.3) is 0 Å². The lowest BCUT2D eigenvalue weighted by Crippen LogP contribution is -2.40. The molecule has 0 aliphatic rings. The summed E-state index contributed by atoms with van der Waals surface area (Å²) in [5.41, 5.74) is 5.62. The molecule has 1 rings (SSSR count). The minimum absolute atomic E-state index is 0. The first-order chi connectivity index (χ1) is 8.65. The monoisotopic (exact) mass is 290 g/mol. The van der Waals surface area contributed by atoms with E-state index in [2.05, 4.69) is 22.4 Å². The highest BCUT2D eigenvalue weighted by molar-refractivity contribution is 5.85. The fourth-order valence-electron chi connectivity index (χ4n) is 1.66. The molecule has 1 aromatic rings. The third-order valence-corrected chi connectivity index (χ3v) is 2.69. The van der Waals surface area contributed by atoms with Gasteiger partial charge in [-0.05, 0) is 13.3 Å². The van der Waals surface area contributed by atoms with Crippen LogP contribution in [0.1, 0.15) is 44.3 Å². The maximum absolute atomic E-state index is 11.7. The Bertz CT molecular complexity index is 370. The first kappa shape index (κ1) is 17.9. The number of unbranched alkanes of at least 4 members (excludes halogenated alkanes) is 1. The molecule has 1 unspecified atom stereocenters. The van der Waals surface area contributed by atoms with Gasteiger partial charge in [-0.3, -0.25) is 4.79 Å². The lowest BCUT2D eigenvalue weighted by Gasteiger charge is -2.15. The maximum atomic E-state index is 11.7. The Balaban J connectivity index is 0.00000324. The molecule has 1 amide bonds. The second-order valence-electron chi connectivity index (χ2n) is 4.38. The van der Waals surface area contributed by atoms with E-state index in [1.165, 1.54) is 0 Å². The van der Waals surface area contributed by atoms with Crippen molar-refractivity contribution < 1.29 is 9.32 Å². The van der Waals surface area contributed by atoms with Crippen molar-refractivity contribution in [2.75, 3.05) is 6.54 Å². The number of hydrogen-bond donors (Lipinski definition) is 2. The van der Waals surface area contributed by atoms with Gasteiger partial charge in [0.15, 0.2) is 5.82 Å². The highest BCUT2D eigenvalue weighted by Crippen LogP contribution is 2.02. The van der Waals surface area contributed by atoms with Crippen molar-refractivity contribution in [2.24, 2.45) is 5.73 Å². The Kier molecular flexibility index (Phi) is 9.16. The molecule has 3 N–H and O–H groups in total. The van der Waals surface area contributed by atoms with Crippen molar-refractivity contribution in [3.05, 3.63) is 11.7 Å². The van der Waals surface area contributed by atoms with Gasteiger partial charge in [-0.25, -0.2) is 0 Å². The number of nitrogens with one attached hydrogen (secondary N) is 1. The minimum atomic E-state index is -0.0163. The molecule has 1 atom stereocenters. The summed E-state index contributed by atoms with van der Waals surface area (Å²) in [4.78, 5) is 15.7. The van der Waals surface area contributed by atoms with E-state index in [1.54, 1.807) is 6.92 Å². The molecule has 0 fully saturated rings. The quantitative estimate of drug-likeness (QED) is 0.754. The van der Waals surface area contributed by atoms with E-state index in [9.17, 15) is 4.79 Å². The molecular weight excluding hydrogens is 268 g/mol. The number of rotatable bonds is 8. The predicted octanol–water partition coefficient (Wildman–Crippen LogP) is 1.37. The molecule has 0 spiro atoms. The molecule has 0 aromatic carbocycles. The lowest BCUT2D eigenvalue weighted by atomic mass is 10.1.